The van der Waals surface area contributed by atoms with Crippen molar-refractivity contribution < 1.29 is 24.2 Å². The van der Waals surface area contributed by atoms with Crippen LogP contribution in [0.3, 0.4) is 0 Å². The summed E-state index contributed by atoms with van der Waals surface area (Å²) in [6.07, 6.45) is 0. The summed E-state index contributed by atoms with van der Waals surface area (Å²) in [6.45, 7) is 1.31. The molecule has 1 aromatic rings. The number of ether oxygens (including phenoxy) is 1. The highest BCUT2D eigenvalue weighted by atomic mass is 16.5. The van der Waals surface area contributed by atoms with E-state index >= 15 is 0 Å². The van der Waals surface area contributed by atoms with Crippen molar-refractivity contribution in [2.24, 2.45) is 11.8 Å². The lowest BCUT2D eigenvalue weighted by Crippen LogP contribution is -2.58. The van der Waals surface area contributed by atoms with E-state index in [4.69, 9.17) is 4.74 Å². The molecule has 2 aliphatic heterocycles. The van der Waals surface area contributed by atoms with Gasteiger partial charge in [0.25, 0.3) is 0 Å². The molecular formula is C17H20N2O5. The van der Waals surface area contributed by atoms with Gasteiger partial charge in [-0.1, -0.05) is 29.8 Å². The van der Waals surface area contributed by atoms with Crippen LogP contribution in [0.2, 0.25) is 0 Å². The lowest BCUT2D eigenvalue weighted by Gasteiger charge is -2.29. The number of esters is 1. The molecule has 2 heterocycles. The van der Waals surface area contributed by atoms with E-state index in [1.165, 1.54) is 14.2 Å². The van der Waals surface area contributed by atoms with Gasteiger partial charge < -0.3 is 9.84 Å². The molecule has 7 nitrogen and oxygen atoms in total. The fourth-order valence-electron chi connectivity index (χ4n) is 3.79. The normalized spacial score (nSPS) is 32.2. The van der Waals surface area contributed by atoms with Gasteiger partial charge in [0.2, 0.25) is 11.8 Å². The van der Waals surface area contributed by atoms with Crippen molar-refractivity contribution in [1.29, 1.82) is 0 Å². The van der Waals surface area contributed by atoms with E-state index in [2.05, 4.69) is 5.32 Å². The first kappa shape index (κ1) is 16.6. The van der Waals surface area contributed by atoms with Crippen LogP contribution in [-0.4, -0.2) is 54.1 Å². The summed E-state index contributed by atoms with van der Waals surface area (Å²) in [5.41, 5.74) is 0.221. The van der Waals surface area contributed by atoms with Gasteiger partial charge in [-0.2, -0.15) is 0 Å². The number of nitrogens with zero attached hydrogens (tertiary/aromatic N) is 1. The molecule has 7 heteroatoms. The van der Waals surface area contributed by atoms with Crippen LogP contribution in [0, 0.1) is 18.8 Å². The van der Waals surface area contributed by atoms with Gasteiger partial charge >= 0.3 is 5.97 Å². The van der Waals surface area contributed by atoms with Gasteiger partial charge in [0.15, 0.2) is 5.54 Å². The van der Waals surface area contributed by atoms with Gasteiger partial charge in [-0.15, -0.1) is 0 Å². The number of aryl methyl sites for hydroxylation is 1. The largest absolute Gasteiger partial charge is 0.468 e. The number of carbonyl (C=O) groups is 3. The molecule has 2 fully saturated rings. The Hall–Kier alpha value is -2.25. The highest BCUT2D eigenvalue weighted by molar-refractivity contribution is 6.09. The van der Waals surface area contributed by atoms with Crippen molar-refractivity contribution in [3.63, 3.8) is 0 Å². The maximum Gasteiger partial charge on any atom is 0.329 e. The third kappa shape index (κ3) is 2.08. The minimum Gasteiger partial charge on any atom is -0.468 e. The maximum atomic E-state index is 12.6. The predicted octanol–water partition coefficient (Wildman–Crippen LogP) is -0.226. The summed E-state index contributed by atoms with van der Waals surface area (Å²) in [6, 6.07) is 6.95. The average Bonchev–Trinajstić information content (AvgIpc) is 3.05. The summed E-state index contributed by atoms with van der Waals surface area (Å²) in [4.78, 5) is 38.6. The van der Waals surface area contributed by atoms with Gasteiger partial charge in [-0.05, 0) is 12.5 Å². The van der Waals surface area contributed by atoms with Crippen molar-refractivity contribution in [1.82, 2.24) is 10.2 Å². The Morgan fingerprint density at radius 2 is 1.92 bits per heavy atom. The fraction of sp³-hybridized carbons (Fsp3) is 0.471. The number of amides is 2. The van der Waals surface area contributed by atoms with Crippen molar-refractivity contribution >= 4 is 17.8 Å². The number of rotatable bonds is 3. The summed E-state index contributed by atoms with van der Waals surface area (Å²) >= 11 is 0. The zero-order valence-corrected chi connectivity index (χ0v) is 13.8. The first-order chi connectivity index (χ1) is 11.4. The standard InChI is InChI=1S/C17H20N2O5/c1-9-4-6-10(7-5-9)13-11-12(15(22)19(2)14(11)21)17(8-20,18-13)16(23)24-3/h4-7,11-13,18,20H,8H2,1-3H3/t11-,12+,13-,17-/m1/s1. The highest BCUT2D eigenvalue weighted by Gasteiger charge is 2.68. The zero-order valence-electron chi connectivity index (χ0n) is 13.8. The number of likely N-dealkylation sites (tertiary alicyclic amines) is 1. The quantitative estimate of drug-likeness (QED) is 0.587. The molecule has 3 rings (SSSR count). The molecule has 24 heavy (non-hydrogen) atoms. The smallest absolute Gasteiger partial charge is 0.329 e. The number of hydrogen-bond acceptors (Lipinski definition) is 6. The lowest BCUT2D eigenvalue weighted by molar-refractivity contribution is -0.156. The van der Waals surface area contributed by atoms with Crippen LogP contribution in [0.5, 0.6) is 0 Å². The number of imide groups is 1. The molecule has 0 spiro atoms. The molecule has 0 saturated carbocycles. The average molecular weight is 332 g/mol. The summed E-state index contributed by atoms with van der Waals surface area (Å²) in [5, 5.41) is 12.9. The lowest BCUT2D eigenvalue weighted by atomic mass is 9.79. The SMILES string of the molecule is COC(=O)[C@]1(CO)N[C@H](c2ccc(C)cc2)[C@@H]2C(=O)N(C)C(=O)[C@H]21. The molecule has 0 radical (unpaired) electrons. The molecule has 4 atom stereocenters. The molecule has 128 valence electrons. The minimum absolute atomic E-state index is 0.359. The summed E-state index contributed by atoms with van der Waals surface area (Å²) in [7, 11) is 2.59. The number of aliphatic hydroxyl groups is 1. The first-order valence-corrected chi connectivity index (χ1v) is 7.72. The van der Waals surface area contributed by atoms with Gasteiger partial charge in [-0.25, -0.2) is 4.79 Å². The predicted molar refractivity (Wildman–Crippen MR) is 83.6 cm³/mol. The van der Waals surface area contributed by atoms with Crippen LogP contribution in [0.15, 0.2) is 24.3 Å². The highest BCUT2D eigenvalue weighted by Crippen LogP contribution is 2.48. The van der Waals surface area contributed by atoms with Gasteiger partial charge in [0, 0.05) is 13.1 Å². The van der Waals surface area contributed by atoms with Crippen LogP contribution in [0.1, 0.15) is 17.2 Å². The van der Waals surface area contributed by atoms with Crippen molar-refractivity contribution in [2.75, 3.05) is 20.8 Å². The Balaban J connectivity index is 2.12. The Bertz CT molecular complexity index is 701. The molecule has 2 saturated heterocycles. The van der Waals surface area contributed by atoms with E-state index in [0.717, 1.165) is 16.0 Å². The number of hydrogen-bond donors (Lipinski definition) is 2. The van der Waals surface area contributed by atoms with Crippen LogP contribution < -0.4 is 5.32 Å². The van der Waals surface area contributed by atoms with E-state index in [1.807, 2.05) is 31.2 Å². The number of aliphatic hydroxyl groups excluding tert-OH is 1. The molecule has 0 aromatic heterocycles. The Labute approximate surface area is 139 Å². The number of nitrogens with one attached hydrogen (secondary N) is 1. The number of carbonyl (C=O) groups excluding carboxylic acids is 3. The monoisotopic (exact) mass is 332 g/mol. The fourth-order valence-corrected chi connectivity index (χ4v) is 3.79. The van der Waals surface area contributed by atoms with Crippen molar-refractivity contribution in [2.45, 2.75) is 18.5 Å². The van der Waals surface area contributed by atoms with Crippen molar-refractivity contribution in [3.8, 4) is 0 Å². The van der Waals surface area contributed by atoms with E-state index in [1.54, 1.807) is 0 Å². The first-order valence-electron chi connectivity index (χ1n) is 7.72. The van der Waals surface area contributed by atoms with E-state index < -0.39 is 41.9 Å². The molecule has 0 aliphatic carbocycles. The number of methoxy groups -OCH3 is 1. The number of fused-ring (bicyclic) bond motifs is 1. The van der Waals surface area contributed by atoms with Gasteiger partial charge in [0.1, 0.15) is 0 Å². The van der Waals surface area contributed by atoms with Crippen molar-refractivity contribution in [3.05, 3.63) is 35.4 Å². The topological polar surface area (TPSA) is 95.9 Å². The Morgan fingerprint density at radius 1 is 1.29 bits per heavy atom. The number of benzene rings is 1. The summed E-state index contributed by atoms with van der Waals surface area (Å²) in [5.74, 6) is -3.32. The molecule has 1 aromatic carbocycles. The van der Waals surface area contributed by atoms with E-state index in [9.17, 15) is 19.5 Å². The third-order valence-electron chi connectivity index (χ3n) is 5.11. The van der Waals surface area contributed by atoms with Crippen LogP contribution in [-0.2, 0) is 19.1 Å². The Kier molecular flexibility index (Phi) is 3.93. The summed E-state index contributed by atoms with van der Waals surface area (Å²) < 4.78 is 4.82. The van der Waals surface area contributed by atoms with Gasteiger partial charge in [0.05, 0.1) is 25.6 Å². The minimum atomic E-state index is -1.62. The van der Waals surface area contributed by atoms with Crippen LogP contribution in [0.25, 0.3) is 0 Å². The molecule has 0 bridgehead atoms. The second-order valence-electron chi connectivity index (χ2n) is 6.39. The Morgan fingerprint density at radius 3 is 2.46 bits per heavy atom. The van der Waals surface area contributed by atoms with E-state index in [0.29, 0.717) is 0 Å². The van der Waals surface area contributed by atoms with Gasteiger partial charge in [-0.3, -0.25) is 19.8 Å². The second kappa shape index (κ2) is 5.68. The second-order valence-corrected chi connectivity index (χ2v) is 6.39. The van der Waals surface area contributed by atoms with Crippen LogP contribution in [0.4, 0.5) is 0 Å². The maximum absolute atomic E-state index is 12.6. The van der Waals surface area contributed by atoms with Crippen LogP contribution >= 0.6 is 0 Å². The zero-order chi connectivity index (χ0) is 17.6. The molecule has 2 amide bonds. The molecule has 0 unspecified atom stereocenters. The third-order valence-corrected chi connectivity index (χ3v) is 5.11. The molecule has 2 aliphatic rings. The van der Waals surface area contributed by atoms with E-state index in [-0.39, 0.29) is 5.91 Å². The molecule has 2 N–H and O–H groups in total. The molecular weight excluding hydrogens is 312 g/mol.